The number of carboxylic acid groups (broad SMARTS) is 1. The number of aromatic nitrogens is 1. The van der Waals surface area contributed by atoms with E-state index in [1.54, 1.807) is 0 Å². The number of hydrogen-bond acceptors (Lipinski definition) is 5. The molecule has 1 rings (SSSR count). The van der Waals surface area contributed by atoms with E-state index in [4.69, 9.17) is 5.11 Å². The number of carbonyl (C=O) groups is 2. The molecule has 0 saturated carbocycles. The van der Waals surface area contributed by atoms with E-state index in [1.807, 2.05) is 0 Å². The van der Waals surface area contributed by atoms with Gasteiger partial charge in [-0.05, 0) is 0 Å². The predicted octanol–water partition coefficient (Wildman–Crippen LogP) is 0.681. The minimum Gasteiger partial charge on any atom is -0.475 e. The number of amides is 1. The lowest BCUT2D eigenvalue weighted by molar-refractivity contribution is -0.173. The topological polar surface area (TPSA) is 102 Å². The highest BCUT2D eigenvalue weighted by atomic mass is 19.4. The summed E-state index contributed by atoms with van der Waals surface area (Å²) in [5, 5.41) is 13.9. The Kier molecular flexibility index (Phi) is 4.87. The molecule has 1 amide bonds. The summed E-state index contributed by atoms with van der Waals surface area (Å²) in [5.41, 5.74) is -0.284. The van der Waals surface area contributed by atoms with Crippen molar-refractivity contribution in [3.05, 3.63) is 17.5 Å². The molecule has 0 unspecified atom stereocenters. The summed E-state index contributed by atoms with van der Waals surface area (Å²) in [6.07, 6.45) is -4.42. The molecule has 0 atom stereocenters. The number of aromatic carboxylic acids is 1. The Balaban J connectivity index is 2.29. The fourth-order valence-corrected chi connectivity index (χ4v) is 0.998. The van der Waals surface area contributed by atoms with Gasteiger partial charge in [0.05, 0.1) is 6.61 Å². The van der Waals surface area contributed by atoms with E-state index in [-0.39, 0.29) is 18.8 Å². The first-order valence-electron chi connectivity index (χ1n) is 4.92. The molecule has 0 radical (unpaired) electrons. The molecule has 1 aromatic rings. The summed E-state index contributed by atoms with van der Waals surface area (Å²) in [6, 6.07) is 0.897. The van der Waals surface area contributed by atoms with Gasteiger partial charge in [0.15, 0.2) is 5.69 Å². The summed E-state index contributed by atoms with van der Waals surface area (Å²) in [6.45, 7) is -1.92. The molecular weight excluding hydrogens is 273 g/mol. The largest absolute Gasteiger partial charge is 0.475 e. The van der Waals surface area contributed by atoms with E-state index in [0.717, 1.165) is 6.07 Å². The number of alkyl halides is 3. The molecule has 0 aliphatic rings. The lowest BCUT2D eigenvalue weighted by atomic mass is 10.3. The first-order chi connectivity index (χ1) is 8.79. The molecule has 0 fully saturated rings. The number of ether oxygens (including phenoxy) is 1. The molecule has 0 aromatic carbocycles. The highest BCUT2D eigenvalue weighted by molar-refractivity contribution is 5.94. The molecule has 1 heterocycles. The van der Waals surface area contributed by atoms with Gasteiger partial charge in [0.1, 0.15) is 6.61 Å². The van der Waals surface area contributed by atoms with Crippen LogP contribution in [0.15, 0.2) is 10.6 Å². The predicted molar refractivity (Wildman–Crippen MR) is 52.7 cm³/mol. The van der Waals surface area contributed by atoms with Crippen LogP contribution in [-0.4, -0.2) is 48.1 Å². The number of halogens is 3. The monoisotopic (exact) mass is 282 g/mol. The van der Waals surface area contributed by atoms with Crippen LogP contribution in [0.3, 0.4) is 0 Å². The molecule has 106 valence electrons. The Morgan fingerprint density at radius 1 is 1.47 bits per heavy atom. The zero-order valence-electron chi connectivity index (χ0n) is 9.36. The van der Waals surface area contributed by atoms with E-state index in [2.05, 4.69) is 19.7 Å². The SMILES string of the molecule is O=C(NCCOCC(F)(F)F)c1cc(C(=O)O)on1. The van der Waals surface area contributed by atoms with E-state index in [1.165, 1.54) is 0 Å². The van der Waals surface area contributed by atoms with Crippen molar-refractivity contribution in [3.63, 3.8) is 0 Å². The zero-order valence-corrected chi connectivity index (χ0v) is 9.36. The van der Waals surface area contributed by atoms with Crippen molar-refractivity contribution in [1.29, 1.82) is 0 Å². The van der Waals surface area contributed by atoms with E-state index in [9.17, 15) is 22.8 Å². The Morgan fingerprint density at radius 2 is 2.16 bits per heavy atom. The van der Waals surface area contributed by atoms with Gasteiger partial charge in [-0.3, -0.25) is 4.79 Å². The van der Waals surface area contributed by atoms with Crippen LogP contribution in [0.2, 0.25) is 0 Å². The molecule has 7 nitrogen and oxygen atoms in total. The minimum atomic E-state index is -4.42. The maximum absolute atomic E-state index is 11.7. The smallest absolute Gasteiger partial charge is 0.411 e. The Bertz CT molecular complexity index is 457. The lowest BCUT2D eigenvalue weighted by Gasteiger charge is -2.07. The Labute approximate surface area is 104 Å². The molecule has 19 heavy (non-hydrogen) atoms. The third-order valence-electron chi connectivity index (χ3n) is 1.75. The van der Waals surface area contributed by atoms with Crippen molar-refractivity contribution in [2.75, 3.05) is 19.8 Å². The maximum Gasteiger partial charge on any atom is 0.411 e. The van der Waals surface area contributed by atoms with Gasteiger partial charge in [0.2, 0.25) is 5.76 Å². The van der Waals surface area contributed by atoms with E-state index < -0.39 is 30.4 Å². The van der Waals surface area contributed by atoms with Crippen molar-refractivity contribution in [2.45, 2.75) is 6.18 Å². The molecule has 10 heteroatoms. The van der Waals surface area contributed by atoms with Crippen LogP contribution < -0.4 is 5.32 Å². The number of carbonyl (C=O) groups excluding carboxylic acids is 1. The number of hydrogen-bond donors (Lipinski definition) is 2. The zero-order chi connectivity index (χ0) is 14.5. The molecular formula is C9H9F3N2O5. The van der Waals surface area contributed by atoms with Crippen molar-refractivity contribution in [1.82, 2.24) is 10.5 Å². The Morgan fingerprint density at radius 3 is 2.68 bits per heavy atom. The van der Waals surface area contributed by atoms with Gasteiger partial charge in [-0.2, -0.15) is 13.2 Å². The van der Waals surface area contributed by atoms with Gasteiger partial charge in [0, 0.05) is 12.6 Å². The van der Waals surface area contributed by atoms with Crippen molar-refractivity contribution in [3.8, 4) is 0 Å². The van der Waals surface area contributed by atoms with E-state index >= 15 is 0 Å². The number of nitrogens with one attached hydrogen (secondary N) is 1. The van der Waals surface area contributed by atoms with Gasteiger partial charge in [-0.15, -0.1) is 0 Å². The van der Waals surface area contributed by atoms with Crippen LogP contribution in [0.5, 0.6) is 0 Å². The second kappa shape index (κ2) is 6.18. The molecule has 1 aromatic heterocycles. The first-order valence-corrected chi connectivity index (χ1v) is 4.92. The summed E-state index contributed by atoms with van der Waals surface area (Å²) in [5.74, 6) is -2.68. The fourth-order valence-electron chi connectivity index (χ4n) is 0.998. The van der Waals surface area contributed by atoms with Crippen LogP contribution in [0, 0.1) is 0 Å². The average molecular weight is 282 g/mol. The second-order valence-corrected chi connectivity index (χ2v) is 3.31. The average Bonchev–Trinajstić information content (AvgIpc) is 2.76. The quantitative estimate of drug-likeness (QED) is 0.744. The van der Waals surface area contributed by atoms with Crippen LogP contribution in [-0.2, 0) is 4.74 Å². The van der Waals surface area contributed by atoms with E-state index in [0.29, 0.717) is 0 Å². The number of carboxylic acids is 1. The summed E-state index contributed by atoms with van der Waals surface area (Å²) in [4.78, 5) is 21.8. The minimum absolute atomic E-state index is 0.176. The normalized spacial score (nSPS) is 11.3. The Hall–Kier alpha value is -2.10. The fraction of sp³-hybridized carbons (Fsp3) is 0.444. The van der Waals surface area contributed by atoms with Gasteiger partial charge < -0.3 is 19.7 Å². The number of nitrogens with zero attached hydrogens (tertiary/aromatic N) is 1. The lowest BCUT2D eigenvalue weighted by Crippen LogP contribution is -2.29. The van der Waals surface area contributed by atoms with Gasteiger partial charge in [-0.1, -0.05) is 5.16 Å². The van der Waals surface area contributed by atoms with Crippen molar-refractivity contribution >= 4 is 11.9 Å². The molecule has 0 aliphatic carbocycles. The third-order valence-corrected chi connectivity index (χ3v) is 1.75. The highest BCUT2D eigenvalue weighted by Gasteiger charge is 2.27. The van der Waals surface area contributed by atoms with Crippen LogP contribution in [0.25, 0.3) is 0 Å². The van der Waals surface area contributed by atoms with Gasteiger partial charge in [0.25, 0.3) is 5.91 Å². The third kappa shape index (κ3) is 5.38. The van der Waals surface area contributed by atoms with Gasteiger partial charge in [-0.25, -0.2) is 4.79 Å². The summed E-state index contributed by atoms with van der Waals surface area (Å²) in [7, 11) is 0. The van der Waals surface area contributed by atoms with Crippen molar-refractivity contribution < 1.29 is 37.1 Å². The van der Waals surface area contributed by atoms with Crippen LogP contribution in [0.4, 0.5) is 13.2 Å². The summed E-state index contributed by atoms with van der Waals surface area (Å²) >= 11 is 0. The first kappa shape index (κ1) is 15.0. The van der Waals surface area contributed by atoms with Crippen LogP contribution >= 0.6 is 0 Å². The number of rotatable bonds is 6. The molecule has 0 bridgehead atoms. The molecule has 0 spiro atoms. The molecule has 0 saturated heterocycles. The standard InChI is InChI=1S/C9H9F3N2O5/c10-9(11,12)4-18-2-1-13-7(15)5-3-6(8(16)17)19-14-5/h3H,1-2,4H2,(H,13,15)(H,16,17). The second-order valence-electron chi connectivity index (χ2n) is 3.31. The maximum atomic E-state index is 11.7. The molecule has 0 aliphatic heterocycles. The van der Waals surface area contributed by atoms with Crippen LogP contribution in [0.1, 0.15) is 21.0 Å². The highest BCUT2D eigenvalue weighted by Crippen LogP contribution is 2.13. The van der Waals surface area contributed by atoms with Crippen molar-refractivity contribution in [2.24, 2.45) is 0 Å². The van der Waals surface area contributed by atoms with Gasteiger partial charge >= 0.3 is 12.1 Å². The molecule has 2 N–H and O–H groups in total. The summed E-state index contributed by atoms with van der Waals surface area (Å²) < 4.78 is 43.7.